The first-order chi connectivity index (χ1) is 17.5. The quantitative estimate of drug-likeness (QED) is 0.352. The topological polar surface area (TPSA) is 77.8 Å². The van der Waals surface area contributed by atoms with Crippen molar-refractivity contribution in [2.75, 3.05) is 51.6 Å². The second-order valence-electron chi connectivity index (χ2n) is 9.08. The summed E-state index contributed by atoms with van der Waals surface area (Å²) in [6.45, 7) is 6.11. The van der Waals surface area contributed by atoms with Crippen LogP contribution < -0.4 is 10.6 Å². The number of carbonyl (C=O) groups is 1. The number of carbonyl (C=O) groups excluding carboxylic acids is 1. The van der Waals surface area contributed by atoms with E-state index in [2.05, 4.69) is 37.6 Å². The normalized spacial score (nSPS) is 14.7. The lowest BCUT2D eigenvalue weighted by Gasteiger charge is -2.32. The van der Waals surface area contributed by atoms with Gasteiger partial charge in [-0.15, -0.1) is 5.10 Å². The van der Waals surface area contributed by atoms with Gasteiger partial charge >= 0.3 is 0 Å². The molecule has 1 aliphatic rings. The summed E-state index contributed by atoms with van der Waals surface area (Å²) in [5.74, 6) is 0.419. The van der Waals surface area contributed by atoms with Crippen LogP contribution in [0.15, 0.2) is 66.7 Å². The predicted octanol–water partition coefficient (Wildman–Crippen LogP) is 4.16. The lowest BCUT2D eigenvalue weighted by atomic mass is 10.1. The second-order valence-corrected chi connectivity index (χ2v) is 9.52. The fourth-order valence-electron chi connectivity index (χ4n) is 4.34. The number of amides is 1. The number of fused-ring (bicyclic) bond motifs is 1. The molecular weight excluding hydrogens is 474 g/mol. The van der Waals surface area contributed by atoms with Crippen LogP contribution in [-0.2, 0) is 0 Å². The SMILES string of the molecule is CN1CCN(CCCNC(=O)c2ccc(Nc3nc4cccc(-c5cccc(Cl)c5)n4n3)cc2)CC1. The van der Waals surface area contributed by atoms with Gasteiger partial charge in [0.2, 0.25) is 5.95 Å². The standard InChI is InChI=1S/C27H30ClN7O/c1-33-15-17-34(18-16-33)14-4-13-29-26(36)20-9-11-23(12-10-20)30-27-31-25-8-3-7-24(35(25)32-27)21-5-2-6-22(28)19-21/h2-3,5-12,19H,4,13-18H2,1H3,(H,29,36)(H,30,32). The molecule has 4 aromatic rings. The highest BCUT2D eigenvalue weighted by atomic mass is 35.5. The van der Waals surface area contributed by atoms with E-state index in [4.69, 9.17) is 11.6 Å². The van der Waals surface area contributed by atoms with E-state index in [0.29, 0.717) is 23.1 Å². The van der Waals surface area contributed by atoms with Crippen molar-refractivity contribution in [2.45, 2.75) is 6.42 Å². The number of hydrogen-bond acceptors (Lipinski definition) is 6. The van der Waals surface area contributed by atoms with Crippen LogP contribution in [0.1, 0.15) is 16.8 Å². The van der Waals surface area contributed by atoms with Crippen molar-refractivity contribution in [2.24, 2.45) is 0 Å². The number of rotatable bonds is 8. The van der Waals surface area contributed by atoms with Crippen molar-refractivity contribution in [3.8, 4) is 11.3 Å². The summed E-state index contributed by atoms with van der Waals surface area (Å²) < 4.78 is 1.79. The van der Waals surface area contributed by atoms with E-state index < -0.39 is 0 Å². The van der Waals surface area contributed by atoms with Gasteiger partial charge in [-0.2, -0.15) is 4.98 Å². The lowest BCUT2D eigenvalue weighted by Crippen LogP contribution is -2.45. The first kappa shape index (κ1) is 24.2. The van der Waals surface area contributed by atoms with Crippen LogP contribution in [0.4, 0.5) is 11.6 Å². The molecule has 0 spiro atoms. The summed E-state index contributed by atoms with van der Waals surface area (Å²) in [5, 5.41) is 11.6. The van der Waals surface area contributed by atoms with Crippen molar-refractivity contribution >= 4 is 34.8 Å². The van der Waals surface area contributed by atoms with Gasteiger partial charge in [-0.3, -0.25) is 4.79 Å². The Morgan fingerprint density at radius 3 is 2.56 bits per heavy atom. The predicted molar refractivity (Wildman–Crippen MR) is 144 cm³/mol. The van der Waals surface area contributed by atoms with Crippen molar-refractivity contribution in [1.29, 1.82) is 0 Å². The molecule has 9 heteroatoms. The third-order valence-electron chi connectivity index (χ3n) is 6.42. The molecular formula is C27H30ClN7O. The van der Waals surface area contributed by atoms with Crippen LogP contribution >= 0.6 is 11.6 Å². The number of nitrogens with zero attached hydrogens (tertiary/aromatic N) is 5. The number of nitrogens with one attached hydrogen (secondary N) is 2. The van der Waals surface area contributed by atoms with Gasteiger partial charge in [-0.1, -0.05) is 29.8 Å². The maximum absolute atomic E-state index is 12.5. The van der Waals surface area contributed by atoms with Gasteiger partial charge in [0, 0.05) is 54.6 Å². The number of likely N-dealkylation sites (N-methyl/N-ethyl adjacent to an activating group) is 1. The van der Waals surface area contributed by atoms with Crippen LogP contribution in [-0.4, -0.2) is 76.6 Å². The van der Waals surface area contributed by atoms with E-state index in [-0.39, 0.29) is 5.91 Å². The van der Waals surface area contributed by atoms with Crippen molar-refractivity contribution < 1.29 is 4.79 Å². The van der Waals surface area contributed by atoms with Gasteiger partial charge < -0.3 is 20.4 Å². The van der Waals surface area contributed by atoms with E-state index in [1.807, 2.05) is 66.7 Å². The van der Waals surface area contributed by atoms with E-state index in [9.17, 15) is 4.79 Å². The van der Waals surface area contributed by atoms with Gasteiger partial charge in [-0.25, -0.2) is 4.52 Å². The molecule has 1 saturated heterocycles. The molecule has 0 unspecified atom stereocenters. The Bertz CT molecular complexity index is 1330. The minimum Gasteiger partial charge on any atom is -0.352 e. The average molecular weight is 504 g/mol. The van der Waals surface area contributed by atoms with Crippen molar-refractivity contribution in [3.05, 3.63) is 77.3 Å². The Labute approximate surface area is 215 Å². The molecule has 3 heterocycles. The Kier molecular flexibility index (Phi) is 7.46. The number of benzene rings is 2. The van der Waals surface area contributed by atoms with Gasteiger partial charge in [0.15, 0.2) is 5.65 Å². The van der Waals surface area contributed by atoms with Gasteiger partial charge in [0.05, 0.1) is 5.69 Å². The number of aromatic nitrogens is 3. The maximum Gasteiger partial charge on any atom is 0.251 e. The molecule has 2 aromatic carbocycles. The summed E-state index contributed by atoms with van der Waals surface area (Å²) in [6, 6.07) is 20.8. The Balaban J connectivity index is 1.17. The average Bonchev–Trinajstić information content (AvgIpc) is 3.30. The summed E-state index contributed by atoms with van der Waals surface area (Å²) in [5.41, 5.74) is 4.02. The highest BCUT2D eigenvalue weighted by Crippen LogP contribution is 2.24. The van der Waals surface area contributed by atoms with Crippen LogP contribution in [0.2, 0.25) is 5.02 Å². The summed E-state index contributed by atoms with van der Waals surface area (Å²) in [7, 11) is 2.16. The highest BCUT2D eigenvalue weighted by Gasteiger charge is 2.13. The third-order valence-corrected chi connectivity index (χ3v) is 6.65. The summed E-state index contributed by atoms with van der Waals surface area (Å²) in [6.07, 6.45) is 0.950. The van der Waals surface area contributed by atoms with Crippen molar-refractivity contribution in [1.82, 2.24) is 29.7 Å². The fourth-order valence-corrected chi connectivity index (χ4v) is 4.53. The lowest BCUT2D eigenvalue weighted by molar-refractivity contribution is 0.0949. The smallest absolute Gasteiger partial charge is 0.251 e. The molecule has 5 rings (SSSR count). The molecule has 2 N–H and O–H groups in total. The first-order valence-corrected chi connectivity index (χ1v) is 12.6. The molecule has 1 amide bonds. The monoisotopic (exact) mass is 503 g/mol. The van der Waals surface area contributed by atoms with E-state index in [1.54, 1.807) is 4.52 Å². The number of hydrogen-bond donors (Lipinski definition) is 2. The zero-order valence-electron chi connectivity index (χ0n) is 20.3. The van der Waals surface area contributed by atoms with E-state index in [1.165, 1.54) is 0 Å². The molecule has 2 aromatic heterocycles. The largest absolute Gasteiger partial charge is 0.352 e. The van der Waals surface area contributed by atoms with Crippen molar-refractivity contribution in [3.63, 3.8) is 0 Å². The van der Waals surface area contributed by atoms with Gasteiger partial charge in [-0.05, 0) is 68.5 Å². The molecule has 8 nitrogen and oxygen atoms in total. The van der Waals surface area contributed by atoms with E-state index in [0.717, 1.165) is 61.7 Å². The minimum absolute atomic E-state index is 0.0584. The number of halogens is 1. The maximum atomic E-state index is 12.5. The van der Waals surface area contributed by atoms with Crippen LogP contribution in [0, 0.1) is 0 Å². The zero-order valence-corrected chi connectivity index (χ0v) is 21.1. The molecule has 0 aliphatic carbocycles. The molecule has 186 valence electrons. The van der Waals surface area contributed by atoms with Gasteiger partial charge in [0.1, 0.15) is 0 Å². The summed E-state index contributed by atoms with van der Waals surface area (Å²) in [4.78, 5) is 21.9. The molecule has 0 bridgehead atoms. The Morgan fingerprint density at radius 1 is 1.00 bits per heavy atom. The molecule has 0 radical (unpaired) electrons. The van der Waals surface area contributed by atoms with Crippen LogP contribution in [0.5, 0.6) is 0 Å². The second kappa shape index (κ2) is 11.1. The molecule has 1 aliphatic heterocycles. The van der Waals surface area contributed by atoms with Crippen LogP contribution in [0.3, 0.4) is 0 Å². The molecule has 36 heavy (non-hydrogen) atoms. The fraction of sp³-hybridized carbons (Fsp3) is 0.296. The van der Waals surface area contributed by atoms with Crippen LogP contribution in [0.25, 0.3) is 16.9 Å². The highest BCUT2D eigenvalue weighted by molar-refractivity contribution is 6.30. The first-order valence-electron chi connectivity index (χ1n) is 12.2. The number of anilines is 2. The Morgan fingerprint density at radius 2 is 1.78 bits per heavy atom. The number of piperazine rings is 1. The Hall–Kier alpha value is -3.46. The summed E-state index contributed by atoms with van der Waals surface area (Å²) >= 11 is 6.18. The van der Waals surface area contributed by atoms with Gasteiger partial charge in [0.25, 0.3) is 5.91 Å². The minimum atomic E-state index is -0.0584. The third kappa shape index (κ3) is 5.84. The molecule has 0 atom stereocenters. The molecule has 0 saturated carbocycles. The molecule has 1 fully saturated rings. The van der Waals surface area contributed by atoms with E-state index >= 15 is 0 Å². The number of pyridine rings is 1. The zero-order chi connectivity index (χ0) is 24.9.